The van der Waals surface area contributed by atoms with Gasteiger partial charge in [0.2, 0.25) is 0 Å². The Morgan fingerprint density at radius 3 is 2.75 bits per heavy atom. The number of carboxylic acids is 1. The van der Waals surface area contributed by atoms with Crippen molar-refractivity contribution in [3.8, 4) is 0 Å². The average molecular weight is 273 g/mol. The molecule has 1 unspecified atom stereocenters. The van der Waals surface area contributed by atoms with Crippen LogP contribution in [0.25, 0.3) is 0 Å². The highest BCUT2D eigenvalue weighted by Crippen LogP contribution is 2.36. The number of rotatable bonds is 6. The summed E-state index contributed by atoms with van der Waals surface area (Å²) in [5, 5.41) is 9.06. The summed E-state index contributed by atoms with van der Waals surface area (Å²) in [5.41, 5.74) is 2.99. The number of hydrogen-bond acceptors (Lipinski definition) is 2. The molecule has 1 N–H and O–H groups in total. The Morgan fingerprint density at radius 1 is 1.25 bits per heavy atom. The predicted octanol–water partition coefficient (Wildman–Crippen LogP) is 3.05. The molecular formula is C17H23NO2. The molecule has 0 radical (unpaired) electrons. The Hall–Kier alpha value is -1.35. The maximum absolute atomic E-state index is 11.0. The van der Waals surface area contributed by atoms with Gasteiger partial charge in [0.15, 0.2) is 0 Å². The van der Waals surface area contributed by atoms with Gasteiger partial charge in [-0.15, -0.1) is 0 Å². The van der Waals surface area contributed by atoms with Crippen molar-refractivity contribution in [3.05, 3.63) is 35.4 Å². The maximum atomic E-state index is 11.0. The van der Waals surface area contributed by atoms with Gasteiger partial charge in [0, 0.05) is 6.04 Å². The second kappa shape index (κ2) is 5.96. The third-order valence-electron chi connectivity index (χ3n) is 4.95. The maximum Gasteiger partial charge on any atom is 0.317 e. The number of aryl methyl sites for hydroxylation is 1. The van der Waals surface area contributed by atoms with Crippen LogP contribution in [0.15, 0.2) is 24.3 Å². The van der Waals surface area contributed by atoms with Gasteiger partial charge in [-0.05, 0) is 55.7 Å². The number of nitrogens with zero attached hydrogens (tertiary/aromatic N) is 1. The average Bonchev–Trinajstić information content (AvgIpc) is 2.76. The van der Waals surface area contributed by atoms with E-state index in [2.05, 4.69) is 29.2 Å². The summed E-state index contributed by atoms with van der Waals surface area (Å²) in [6.45, 7) is 1.13. The van der Waals surface area contributed by atoms with E-state index in [4.69, 9.17) is 5.11 Å². The van der Waals surface area contributed by atoms with E-state index in [9.17, 15) is 4.79 Å². The van der Waals surface area contributed by atoms with Crippen LogP contribution < -0.4 is 0 Å². The molecule has 0 aromatic heterocycles. The first-order valence-corrected chi connectivity index (χ1v) is 7.77. The molecule has 0 spiro atoms. The van der Waals surface area contributed by atoms with Crippen molar-refractivity contribution >= 4 is 5.97 Å². The van der Waals surface area contributed by atoms with E-state index < -0.39 is 5.97 Å². The zero-order valence-electron chi connectivity index (χ0n) is 11.9. The molecule has 1 fully saturated rings. The predicted molar refractivity (Wildman–Crippen MR) is 79.0 cm³/mol. The molecule has 3 rings (SSSR count). The molecule has 0 bridgehead atoms. The zero-order chi connectivity index (χ0) is 13.9. The van der Waals surface area contributed by atoms with Gasteiger partial charge in [-0.25, -0.2) is 0 Å². The number of hydrogen-bond donors (Lipinski definition) is 1. The minimum absolute atomic E-state index is 0.207. The summed E-state index contributed by atoms with van der Waals surface area (Å²) >= 11 is 0. The van der Waals surface area contributed by atoms with E-state index in [-0.39, 0.29) is 6.54 Å². The molecular weight excluding hydrogens is 250 g/mol. The highest BCUT2D eigenvalue weighted by Gasteiger charge is 2.28. The molecule has 20 heavy (non-hydrogen) atoms. The zero-order valence-corrected chi connectivity index (χ0v) is 11.9. The van der Waals surface area contributed by atoms with Gasteiger partial charge >= 0.3 is 5.97 Å². The van der Waals surface area contributed by atoms with Crippen molar-refractivity contribution in [2.75, 3.05) is 13.1 Å². The van der Waals surface area contributed by atoms with Crippen LogP contribution in [-0.4, -0.2) is 35.1 Å². The summed E-state index contributed by atoms with van der Waals surface area (Å²) in [6, 6.07) is 9.24. The van der Waals surface area contributed by atoms with E-state index in [0.29, 0.717) is 12.0 Å². The van der Waals surface area contributed by atoms with Crippen molar-refractivity contribution in [1.82, 2.24) is 4.90 Å². The molecule has 108 valence electrons. The van der Waals surface area contributed by atoms with E-state index in [1.54, 1.807) is 0 Å². The lowest BCUT2D eigenvalue weighted by Gasteiger charge is -2.37. The molecule has 0 aliphatic heterocycles. The van der Waals surface area contributed by atoms with Crippen LogP contribution in [0.2, 0.25) is 0 Å². The van der Waals surface area contributed by atoms with Gasteiger partial charge in [-0.3, -0.25) is 9.69 Å². The number of benzene rings is 1. The van der Waals surface area contributed by atoms with Crippen LogP contribution in [0.3, 0.4) is 0 Å². The van der Waals surface area contributed by atoms with Crippen molar-refractivity contribution in [2.24, 2.45) is 0 Å². The Bertz CT molecular complexity index is 482. The normalized spacial score (nSPS) is 21.8. The number of carboxylic acid groups (broad SMARTS) is 1. The van der Waals surface area contributed by atoms with Crippen molar-refractivity contribution in [1.29, 1.82) is 0 Å². The number of fused-ring (bicyclic) bond motifs is 1. The highest BCUT2D eigenvalue weighted by atomic mass is 16.4. The molecule has 3 heteroatoms. The highest BCUT2D eigenvalue weighted by molar-refractivity contribution is 5.69. The van der Waals surface area contributed by atoms with Gasteiger partial charge in [-0.1, -0.05) is 30.7 Å². The summed E-state index contributed by atoms with van der Waals surface area (Å²) in [6.07, 6.45) is 7.12. The number of aliphatic carboxylic acids is 1. The summed E-state index contributed by atoms with van der Waals surface area (Å²) in [5.74, 6) is -0.0636. The Kier molecular flexibility index (Phi) is 4.06. The fourth-order valence-corrected chi connectivity index (χ4v) is 3.58. The quantitative estimate of drug-likeness (QED) is 0.866. The molecule has 0 amide bonds. The summed E-state index contributed by atoms with van der Waals surface area (Å²) in [4.78, 5) is 13.2. The van der Waals surface area contributed by atoms with Crippen molar-refractivity contribution in [3.63, 3.8) is 0 Å². The Labute approximate surface area is 120 Å². The molecule has 2 aliphatic carbocycles. The van der Waals surface area contributed by atoms with Crippen LogP contribution >= 0.6 is 0 Å². The first-order chi connectivity index (χ1) is 9.74. The SMILES string of the molecule is O=C(O)CN(CCC1CCc2ccccc21)C1CCC1. The fraction of sp³-hybridized carbons (Fsp3) is 0.588. The van der Waals surface area contributed by atoms with Crippen LogP contribution in [-0.2, 0) is 11.2 Å². The molecule has 1 aromatic carbocycles. The summed E-state index contributed by atoms with van der Waals surface area (Å²) in [7, 11) is 0. The Morgan fingerprint density at radius 2 is 2.05 bits per heavy atom. The van der Waals surface area contributed by atoms with Gasteiger partial charge in [0.25, 0.3) is 0 Å². The van der Waals surface area contributed by atoms with Crippen LogP contribution in [0, 0.1) is 0 Å². The van der Waals surface area contributed by atoms with E-state index in [1.807, 2.05) is 0 Å². The second-order valence-corrected chi connectivity index (χ2v) is 6.17. The molecule has 1 atom stereocenters. The Balaban J connectivity index is 1.59. The van der Waals surface area contributed by atoms with Crippen LogP contribution in [0.1, 0.15) is 49.1 Å². The minimum atomic E-state index is -0.691. The topological polar surface area (TPSA) is 40.5 Å². The molecule has 1 saturated carbocycles. The fourth-order valence-electron chi connectivity index (χ4n) is 3.58. The van der Waals surface area contributed by atoms with E-state index in [1.165, 1.54) is 43.2 Å². The lowest BCUT2D eigenvalue weighted by atomic mass is 9.90. The van der Waals surface area contributed by atoms with Crippen LogP contribution in [0.5, 0.6) is 0 Å². The standard InChI is InChI=1S/C17H23NO2/c19-17(20)12-18(15-5-3-6-15)11-10-14-9-8-13-4-1-2-7-16(13)14/h1-2,4,7,14-15H,3,5-6,8-12H2,(H,19,20). The third kappa shape index (κ3) is 2.88. The van der Waals surface area contributed by atoms with Crippen molar-refractivity contribution in [2.45, 2.75) is 50.5 Å². The third-order valence-corrected chi connectivity index (χ3v) is 4.95. The first-order valence-electron chi connectivity index (χ1n) is 7.77. The van der Waals surface area contributed by atoms with Gasteiger partial charge in [-0.2, -0.15) is 0 Å². The molecule has 1 aromatic rings. The smallest absolute Gasteiger partial charge is 0.317 e. The molecule has 3 nitrogen and oxygen atoms in total. The van der Waals surface area contributed by atoms with Crippen LogP contribution in [0.4, 0.5) is 0 Å². The first kappa shape index (κ1) is 13.6. The van der Waals surface area contributed by atoms with Gasteiger partial charge < -0.3 is 5.11 Å². The molecule has 0 saturated heterocycles. The van der Waals surface area contributed by atoms with Crippen molar-refractivity contribution < 1.29 is 9.90 Å². The number of carbonyl (C=O) groups is 1. The lowest BCUT2D eigenvalue weighted by molar-refractivity contribution is -0.139. The molecule has 2 aliphatic rings. The molecule has 0 heterocycles. The largest absolute Gasteiger partial charge is 0.480 e. The van der Waals surface area contributed by atoms with Gasteiger partial charge in [0.1, 0.15) is 0 Å². The second-order valence-electron chi connectivity index (χ2n) is 6.17. The lowest BCUT2D eigenvalue weighted by Crippen LogP contribution is -2.43. The monoisotopic (exact) mass is 273 g/mol. The minimum Gasteiger partial charge on any atom is -0.480 e. The van der Waals surface area contributed by atoms with E-state index in [0.717, 1.165) is 13.0 Å². The van der Waals surface area contributed by atoms with E-state index >= 15 is 0 Å². The van der Waals surface area contributed by atoms with Gasteiger partial charge in [0.05, 0.1) is 6.54 Å². The summed E-state index contributed by atoms with van der Waals surface area (Å²) < 4.78 is 0.